The fourth-order valence-corrected chi connectivity index (χ4v) is 3.35. The predicted molar refractivity (Wildman–Crippen MR) is 72.8 cm³/mol. The standard InChI is InChI=1S/C16H12O5/c17-9-1-2-10-14(4-9)21-7-16(20)6-8-3-12(18)13(19)5-11(8)15(10)16/h1-4,17,20H,5-7H2. The van der Waals surface area contributed by atoms with E-state index >= 15 is 0 Å². The van der Waals surface area contributed by atoms with Gasteiger partial charge in [-0.3, -0.25) is 9.59 Å². The molecule has 5 nitrogen and oxygen atoms in total. The van der Waals surface area contributed by atoms with Crippen LogP contribution >= 0.6 is 0 Å². The van der Waals surface area contributed by atoms with Crippen LogP contribution < -0.4 is 4.74 Å². The lowest BCUT2D eigenvalue weighted by atomic mass is 9.86. The summed E-state index contributed by atoms with van der Waals surface area (Å²) in [4.78, 5) is 23.2. The van der Waals surface area contributed by atoms with Crippen molar-refractivity contribution in [1.29, 1.82) is 0 Å². The van der Waals surface area contributed by atoms with Crippen molar-refractivity contribution >= 4 is 17.1 Å². The van der Waals surface area contributed by atoms with E-state index in [1.165, 1.54) is 18.2 Å². The number of rotatable bonds is 0. The molecule has 0 bridgehead atoms. The molecule has 0 aromatic heterocycles. The third-order valence-electron chi connectivity index (χ3n) is 4.26. The summed E-state index contributed by atoms with van der Waals surface area (Å²) in [5.41, 5.74) is 1.53. The number of aromatic hydroxyl groups is 1. The summed E-state index contributed by atoms with van der Waals surface area (Å²) >= 11 is 0. The molecule has 2 N–H and O–H groups in total. The first-order chi connectivity index (χ1) is 9.98. The third kappa shape index (κ3) is 1.61. The van der Waals surface area contributed by atoms with Crippen LogP contribution in [0.1, 0.15) is 18.4 Å². The molecule has 1 aromatic rings. The zero-order chi connectivity index (χ0) is 14.8. The summed E-state index contributed by atoms with van der Waals surface area (Å²) in [5, 5.41) is 20.4. The highest BCUT2D eigenvalue weighted by Gasteiger charge is 2.48. The summed E-state index contributed by atoms with van der Waals surface area (Å²) in [7, 11) is 0. The van der Waals surface area contributed by atoms with Crippen LogP contribution in [0.15, 0.2) is 35.4 Å². The summed E-state index contributed by atoms with van der Waals surface area (Å²) in [6.45, 7) is 0.0437. The number of benzene rings is 1. The molecular formula is C16H12O5. The van der Waals surface area contributed by atoms with Gasteiger partial charge in [-0.1, -0.05) is 0 Å². The Morgan fingerprint density at radius 1 is 1.24 bits per heavy atom. The average molecular weight is 284 g/mol. The van der Waals surface area contributed by atoms with Gasteiger partial charge in [0.2, 0.25) is 11.6 Å². The van der Waals surface area contributed by atoms with Gasteiger partial charge in [0, 0.05) is 30.0 Å². The van der Waals surface area contributed by atoms with Gasteiger partial charge in [0.1, 0.15) is 23.7 Å². The highest BCUT2D eigenvalue weighted by molar-refractivity contribution is 6.43. The molecule has 0 saturated heterocycles. The SMILES string of the molecule is O=C1C=C2CC3(O)COc4cc(O)ccc4C3=C2CC1=O. The van der Waals surface area contributed by atoms with E-state index in [4.69, 9.17) is 4.74 Å². The van der Waals surface area contributed by atoms with E-state index in [0.717, 1.165) is 5.57 Å². The number of Topliss-reactive ketones (excluding diaryl/α,β-unsaturated/α-hetero) is 1. The molecule has 4 rings (SSSR count). The van der Waals surface area contributed by atoms with E-state index in [9.17, 15) is 19.8 Å². The van der Waals surface area contributed by atoms with Gasteiger partial charge in [-0.25, -0.2) is 0 Å². The van der Waals surface area contributed by atoms with Crippen LogP contribution in [0.5, 0.6) is 11.5 Å². The molecule has 1 aliphatic heterocycles. The Hall–Kier alpha value is -2.40. The van der Waals surface area contributed by atoms with Gasteiger partial charge in [-0.05, 0) is 29.4 Å². The number of ether oxygens (including phenoxy) is 1. The Morgan fingerprint density at radius 3 is 2.86 bits per heavy atom. The Morgan fingerprint density at radius 2 is 2.05 bits per heavy atom. The number of carbonyl (C=O) groups is 2. The lowest BCUT2D eigenvalue weighted by molar-refractivity contribution is -0.133. The Labute approximate surface area is 120 Å². The molecule has 106 valence electrons. The first-order valence-corrected chi connectivity index (χ1v) is 6.68. The van der Waals surface area contributed by atoms with Gasteiger partial charge < -0.3 is 14.9 Å². The van der Waals surface area contributed by atoms with E-state index in [2.05, 4.69) is 0 Å². The van der Waals surface area contributed by atoms with Crippen LogP contribution in [0.4, 0.5) is 0 Å². The van der Waals surface area contributed by atoms with Crippen molar-refractivity contribution < 1.29 is 24.5 Å². The number of allylic oxidation sites excluding steroid dienone is 2. The van der Waals surface area contributed by atoms with E-state index in [-0.39, 0.29) is 25.2 Å². The topological polar surface area (TPSA) is 83.8 Å². The van der Waals surface area contributed by atoms with Crippen molar-refractivity contribution in [2.45, 2.75) is 18.4 Å². The molecule has 0 spiro atoms. The third-order valence-corrected chi connectivity index (χ3v) is 4.26. The van der Waals surface area contributed by atoms with Crippen LogP contribution in [-0.4, -0.2) is 34.0 Å². The molecule has 21 heavy (non-hydrogen) atoms. The maximum absolute atomic E-state index is 11.7. The van der Waals surface area contributed by atoms with Gasteiger partial charge in [0.05, 0.1) is 0 Å². The van der Waals surface area contributed by atoms with Crippen LogP contribution in [-0.2, 0) is 9.59 Å². The van der Waals surface area contributed by atoms with Crippen molar-refractivity contribution in [2.24, 2.45) is 0 Å². The van der Waals surface area contributed by atoms with Crippen LogP contribution in [0, 0.1) is 0 Å². The van der Waals surface area contributed by atoms with Crippen molar-refractivity contribution in [2.75, 3.05) is 6.61 Å². The lowest BCUT2D eigenvalue weighted by Gasteiger charge is -2.33. The quantitative estimate of drug-likeness (QED) is 0.698. The van der Waals surface area contributed by atoms with Gasteiger partial charge in [0.25, 0.3) is 0 Å². The normalized spacial score (nSPS) is 26.8. The molecule has 0 fully saturated rings. The monoisotopic (exact) mass is 284 g/mol. The zero-order valence-electron chi connectivity index (χ0n) is 11.0. The summed E-state index contributed by atoms with van der Waals surface area (Å²) in [5.74, 6) is -0.415. The highest BCUT2D eigenvalue weighted by atomic mass is 16.5. The van der Waals surface area contributed by atoms with Gasteiger partial charge >= 0.3 is 0 Å². The molecule has 1 aromatic carbocycles. The zero-order valence-corrected chi connectivity index (χ0v) is 11.0. The molecule has 3 aliphatic rings. The predicted octanol–water partition coefficient (Wildman–Crippen LogP) is 1.14. The summed E-state index contributed by atoms with van der Waals surface area (Å²) < 4.78 is 5.54. The molecular weight excluding hydrogens is 272 g/mol. The molecule has 0 amide bonds. The summed E-state index contributed by atoms with van der Waals surface area (Å²) in [6, 6.07) is 4.67. The van der Waals surface area contributed by atoms with Gasteiger partial charge in [0.15, 0.2) is 0 Å². The first-order valence-electron chi connectivity index (χ1n) is 6.68. The number of phenolic OH excluding ortho intramolecular Hbond substituents is 1. The summed E-state index contributed by atoms with van der Waals surface area (Å²) in [6.07, 6.45) is 1.62. The van der Waals surface area contributed by atoms with E-state index in [1.807, 2.05) is 0 Å². The van der Waals surface area contributed by atoms with Crippen LogP contribution in [0.2, 0.25) is 0 Å². The number of carbonyl (C=O) groups excluding carboxylic acids is 2. The van der Waals surface area contributed by atoms with E-state index < -0.39 is 17.2 Å². The lowest BCUT2D eigenvalue weighted by Crippen LogP contribution is -2.38. The van der Waals surface area contributed by atoms with Gasteiger partial charge in [-0.2, -0.15) is 0 Å². The molecule has 1 atom stereocenters. The molecule has 5 heteroatoms. The number of hydrogen-bond donors (Lipinski definition) is 2. The second-order valence-corrected chi connectivity index (χ2v) is 5.66. The molecule has 0 saturated carbocycles. The largest absolute Gasteiger partial charge is 0.508 e. The van der Waals surface area contributed by atoms with Crippen LogP contribution in [0.25, 0.3) is 5.57 Å². The number of phenols is 1. The second-order valence-electron chi connectivity index (χ2n) is 5.66. The van der Waals surface area contributed by atoms with Crippen molar-refractivity contribution in [3.8, 4) is 11.5 Å². The fourth-order valence-electron chi connectivity index (χ4n) is 3.35. The highest BCUT2D eigenvalue weighted by Crippen LogP contribution is 2.52. The number of hydrogen-bond acceptors (Lipinski definition) is 5. The minimum atomic E-state index is -1.21. The first kappa shape index (κ1) is 12.3. The van der Waals surface area contributed by atoms with Crippen molar-refractivity contribution in [3.05, 3.63) is 41.0 Å². The number of aliphatic hydroxyl groups is 1. The smallest absolute Gasteiger partial charge is 0.222 e. The van der Waals surface area contributed by atoms with E-state index in [1.54, 1.807) is 6.07 Å². The van der Waals surface area contributed by atoms with Crippen molar-refractivity contribution in [1.82, 2.24) is 0 Å². The minimum absolute atomic E-state index is 0.0165. The molecule has 1 unspecified atom stereocenters. The number of fused-ring (bicyclic) bond motifs is 4. The minimum Gasteiger partial charge on any atom is -0.508 e. The Bertz CT molecular complexity index is 771. The van der Waals surface area contributed by atoms with Crippen LogP contribution in [0.3, 0.4) is 0 Å². The average Bonchev–Trinajstić information content (AvgIpc) is 2.71. The van der Waals surface area contributed by atoms with E-state index in [0.29, 0.717) is 22.5 Å². The van der Waals surface area contributed by atoms with Gasteiger partial charge in [-0.15, -0.1) is 0 Å². The maximum atomic E-state index is 11.7. The Kier molecular flexibility index (Phi) is 2.25. The Balaban J connectivity index is 1.98. The van der Waals surface area contributed by atoms with Crippen molar-refractivity contribution in [3.63, 3.8) is 0 Å². The maximum Gasteiger partial charge on any atom is 0.222 e. The molecule has 0 radical (unpaired) electrons. The molecule has 1 heterocycles. The fraction of sp³-hybridized carbons (Fsp3) is 0.250. The number of ketones is 2. The second kappa shape index (κ2) is 3.83. The molecule has 2 aliphatic carbocycles.